The van der Waals surface area contributed by atoms with E-state index in [9.17, 15) is 18.4 Å². The Labute approximate surface area is 154 Å². The first-order chi connectivity index (χ1) is 12.9. The number of benzene rings is 2. The van der Waals surface area contributed by atoms with Gasteiger partial charge in [0.15, 0.2) is 11.6 Å². The molecule has 0 fully saturated rings. The van der Waals surface area contributed by atoms with E-state index in [1.54, 1.807) is 12.1 Å². The Morgan fingerprint density at radius 1 is 0.852 bits per heavy atom. The molecule has 1 aromatic heterocycles. The fourth-order valence-electron chi connectivity index (χ4n) is 2.39. The van der Waals surface area contributed by atoms with Gasteiger partial charge in [-0.3, -0.25) is 14.6 Å². The molecular formula is C20H15F2N3O2. The fourth-order valence-corrected chi connectivity index (χ4v) is 2.39. The molecule has 0 aliphatic rings. The number of rotatable bonds is 4. The molecule has 0 aliphatic heterocycles. The van der Waals surface area contributed by atoms with Crippen molar-refractivity contribution in [2.24, 2.45) is 0 Å². The van der Waals surface area contributed by atoms with Crippen molar-refractivity contribution in [1.29, 1.82) is 0 Å². The summed E-state index contributed by atoms with van der Waals surface area (Å²) in [6.45, 7) is 1.90. The molecule has 2 amide bonds. The van der Waals surface area contributed by atoms with Gasteiger partial charge in [-0.2, -0.15) is 0 Å². The highest BCUT2D eigenvalue weighted by atomic mass is 19.2. The quantitative estimate of drug-likeness (QED) is 0.727. The zero-order valence-corrected chi connectivity index (χ0v) is 14.3. The van der Waals surface area contributed by atoms with Crippen LogP contribution >= 0.6 is 0 Å². The van der Waals surface area contributed by atoms with Gasteiger partial charge < -0.3 is 10.6 Å². The summed E-state index contributed by atoms with van der Waals surface area (Å²) in [5.41, 5.74) is 1.90. The van der Waals surface area contributed by atoms with Crippen molar-refractivity contribution in [2.75, 3.05) is 10.6 Å². The van der Waals surface area contributed by atoms with E-state index in [0.29, 0.717) is 5.69 Å². The molecule has 136 valence electrons. The third-order valence-corrected chi connectivity index (χ3v) is 3.71. The number of amides is 2. The van der Waals surface area contributed by atoms with E-state index >= 15 is 0 Å². The van der Waals surface area contributed by atoms with Crippen LogP contribution in [0, 0.1) is 18.6 Å². The van der Waals surface area contributed by atoms with Gasteiger partial charge in [0, 0.05) is 29.2 Å². The highest BCUT2D eigenvalue weighted by molar-refractivity contribution is 6.07. The molecule has 3 aromatic rings. The average Bonchev–Trinajstić information content (AvgIpc) is 2.65. The third kappa shape index (κ3) is 4.52. The minimum atomic E-state index is -1.07. The zero-order valence-electron chi connectivity index (χ0n) is 14.3. The largest absolute Gasteiger partial charge is 0.322 e. The standard InChI is InChI=1S/C20H15F2N3O2/c1-12-3-2-4-14(9-12)25-20(27)18-10-13(7-8-23-18)19(26)24-15-5-6-16(21)17(22)11-15/h2-11H,1H3,(H,24,26)(H,25,27). The lowest BCUT2D eigenvalue weighted by Gasteiger charge is -2.08. The first-order valence-corrected chi connectivity index (χ1v) is 8.03. The van der Waals surface area contributed by atoms with Crippen molar-refractivity contribution in [3.63, 3.8) is 0 Å². The molecule has 2 N–H and O–H groups in total. The lowest BCUT2D eigenvalue weighted by molar-refractivity contribution is 0.102. The predicted octanol–water partition coefficient (Wildman–Crippen LogP) is 4.17. The summed E-state index contributed by atoms with van der Waals surface area (Å²) < 4.78 is 26.2. The number of nitrogens with one attached hydrogen (secondary N) is 2. The van der Waals surface area contributed by atoms with Crippen molar-refractivity contribution in [1.82, 2.24) is 4.98 Å². The molecule has 0 saturated carbocycles. The molecule has 0 radical (unpaired) electrons. The monoisotopic (exact) mass is 367 g/mol. The van der Waals surface area contributed by atoms with Crippen LogP contribution in [0.2, 0.25) is 0 Å². The molecular weight excluding hydrogens is 352 g/mol. The van der Waals surface area contributed by atoms with E-state index < -0.39 is 23.4 Å². The molecule has 2 aromatic carbocycles. The summed E-state index contributed by atoms with van der Waals surface area (Å²) in [7, 11) is 0. The maximum absolute atomic E-state index is 13.2. The molecule has 3 rings (SSSR count). The number of pyridine rings is 1. The number of anilines is 2. The molecule has 0 saturated heterocycles. The number of carbonyl (C=O) groups is 2. The van der Waals surface area contributed by atoms with Crippen molar-refractivity contribution in [2.45, 2.75) is 6.92 Å². The van der Waals surface area contributed by atoms with Crippen molar-refractivity contribution in [3.8, 4) is 0 Å². The Bertz CT molecular complexity index is 1020. The van der Waals surface area contributed by atoms with Gasteiger partial charge in [0.1, 0.15) is 5.69 Å². The highest BCUT2D eigenvalue weighted by Gasteiger charge is 2.13. The molecule has 27 heavy (non-hydrogen) atoms. The van der Waals surface area contributed by atoms with E-state index in [1.807, 2.05) is 19.1 Å². The van der Waals surface area contributed by atoms with Gasteiger partial charge in [-0.05, 0) is 48.9 Å². The van der Waals surface area contributed by atoms with Crippen molar-refractivity contribution >= 4 is 23.2 Å². The van der Waals surface area contributed by atoms with Crippen LogP contribution in [0.3, 0.4) is 0 Å². The Balaban J connectivity index is 1.75. The summed E-state index contributed by atoms with van der Waals surface area (Å²) in [5.74, 6) is -3.12. The van der Waals surface area contributed by atoms with Gasteiger partial charge in [0.25, 0.3) is 11.8 Å². The SMILES string of the molecule is Cc1cccc(NC(=O)c2cc(C(=O)Nc3ccc(F)c(F)c3)ccn2)c1. The Hall–Kier alpha value is -3.61. The van der Waals surface area contributed by atoms with Gasteiger partial charge >= 0.3 is 0 Å². The summed E-state index contributed by atoms with van der Waals surface area (Å²) >= 11 is 0. The molecule has 0 atom stereocenters. The van der Waals surface area contributed by atoms with E-state index in [2.05, 4.69) is 15.6 Å². The van der Waals surface area contributed by atoms with Crippen molar-refractivity contribution < 1.29 is 18.4 Å². The number of hydrogen-bond donors (Lipinski definition) is 2. The first-order valence-electron chi connectivity index (χ1n) is 8.03. The second-order valence-electron chi connectivity index (χ2n) is 5.84. The van der Waals surface area contributed by atoms with Gasteiger partial charge in [0.2, 0.25) is 0 Å². The lowest BCUT2D eigenvalue weighted by atomic mass is 10.2. The first kappa shape index (κ1) is 18.2. The van der Waals surface area contributed by atoms with Gasteiger partial charge in [-0.15, -0.1) is 0 Å². The van der Waals surface area contributed by atoms with E-state index in [-0.39, 0.29) is 16.9 Å². The van der Waals surface area contributed by atoms with E-state index in [1.165, 1.54) is 24.4 Å². The summed E-state index contributed by atoms with van der Waals surface area (Å²) in [6, 6.07) is 13.0. The molecule has 0 spiro atoms. The average molecular weight is 367 g/mol. The van der Waals surface area contributed by atoms with Crippen LogP contribution in [0.5, 0.6) is 0 Å². The van der Waals surface area contributed by atoms with Crippen LogP contribution < -0.4 is 10.6 Å². The molecule has 0 unspecified atom stereocenters. The van der Waals surface area contributed by atoms with Gasteiger partial charge in [-0.25, -0.2) is 8.78 Å². The number of nitrogens with zero attached hydrogens (tertiary/aromatic N) is 1. The Morgan fingerprint density at radius 2 is 1.59 bits per heavy atom. The van der Waals surface area contributed by atoms with Crippen LogP contribution in [0.25, 0.3) is 0 Å². The third-order valence-electron chi connectivity index (χ3n) is 3.71. The minimum absolute atomic E-state index is 0.0504. The second-order valence-corrected chi connectivity index (χ2v) is 5.84. The maximum Gasteiger partial charge on any atom is 0.274 e. The number of aryl methyl sites for hydroxylation is 1. The molecule has 0 aliphatic carbocycles. The molecule has 7 heteroatoms. The lowest BCUT2D eigenvalue weighted by Crippen LogP contribution is -2.17. The smallest absolute Gasteiger partial charge is 0.274 e. The normalized spacial score (nSPS) is 10.3. The van der Waals surface area contributed by atoms with Crippen LogP contribution in [-0.4, -0.2) is 16.8 Å². The number of carbonyl (C=O) groups excluding carboxylic acids is 2. The minimum Gasteiger partial charge on any atom is -0.322 e. The van der Waals surface area contributed by atoms with E-state index in [0.717, 1.165) is 17.7 Å². The van der Waals surface area contributed by atoms with Crippen LogP contribution in [-0.2, 0) is 0 Å². The van der Waals surface area contributed by atoms with Gasteiger partial charge in [-0.1, -0.05) is 12.1 Å². The topological polar surface area (TPSA) is 71.1 Å². The Kier molecular flexibility index (Phi) is 5.21. The van der Waals surface area contributed by atoms with E-state index in [4.69, 9.17) is 0 Å². The van der Waals surface area contributed by atoms with Crippen molar-refractivity contribution in [3.05, 3.63) is 89.2 Å². The fraction of sp³-hybridized carbons (Fsp3) is 0.0500. The second kappa shape index (κ2) is 7.74. The molecule has 5 nitrogen and oxygen atoms in total. The number of halogens is 2. The van der Waals surface area contributed by atoms with Crippen LogP contribution in [0.4, 0.5) is 20.2 Å². The summed E-state index contributed by atoms with van der Waals surface area (Å²) in [6.07, 6.45) is 1.32. The molecule has 1 heterocycles. The number of hydrogen-bond acceptors (Lipinski definition) is 3. The summed E-state index contributed by atoms with van der Waals surface area (Å²) in [4.78, 5) is 28.6. The summed E-state index contributed by atoms with van der Waals surface area (Å²) in [5, 5.41) is 5.15. The number of aromatic nitrogens is 1. The van der Waals surface area contributed by atoms with Crippen LogP contribution in [0.1, 0.15) is 26.4 Å². The Morgan fingerprint density at radius 3 is 2.33 bits per heavy atom. The van der Waals surface area contributed by atoms with Gasteiger partial charge in [0.05, 0.1) is 0 Å². The zero-order chi connectivity index (χ0) is 19.4. The maximum atomic E-state index is 13.2. The van der Waals surface area contributed by atoms with Crippen LogP contribution in [0.15, 0.2) is 60.8 Å². The molecule has 0 bridgehead atoms. The predicted molar refractivity (Wildman–Crippen MR) is 97.7 cm³/mol. The highest BCUT2D eigenvalue weighted by Crippen LogP contribution is 2.15.